The van der Waals surface area contributed by atoms with Crippen molar-refractivity contribution in [2.24, 2.45) is 0 Å². The van der Waals surface area contributed by atoms with Crippen LogP contribution in [0.1, 0.15) is 46.0 Å². The number of hydrogen-bond acceptors (Lipinski definition) is 4. The zero-order chi connectivity index (χ0) is 19.6. The van der Waals surface area contributed by atoms with Gasteiger partial charge in [-0.25, -0.2) is 4.98 Å². The topological polar surface area (TPSA) is 56.9 Å². The number of para-hydroxylation sites is 1. The smallest absolute Gasteiger partial charge is 0.124 e. The van der Waals surface area contributed by atoms with Gasteiger partial charge in [0, 0.05) is 12.1 Å². The summed E-state index contributed by atoms with van der Waals surface area (Å²) in [6.07, 6.45) is 6.18. The molecule has 0 saturated heterocycles. The Morgan fingerprint density at radius 2 is 1.50 bits per heavy atom. The van der Waals surface area contributed by atoms with E-state index in [-0.39, 0.29) is 17.9 Å². The van der Waals surface area contributed by atoms with Crippen LogP contribution in [0.3, 0.4) is 0 Å². The van der Waals surface area contributed by atoms with Gasteiger partial charge in [-0.05, 0) is 68.8 Å². The molecule has 6 heteroatoms. The molecule has 3 rings (SSSR count). The van der Waals surface area contributed by atoms with Crippen LogP contribution >= 0.6 is 23.7 Å². The van der Waals surface area contributed by atoms with Gasteiger partial charge < -0.3 is 15.1 Å². The maximum absolute atomic E-state index is 5.97. The molecule has 0 atom stereocenters. The van der Waals surface area contributed by atoms with Gasteiger partial charge in [0.1, 0.15) is 10.8 Å². The summed E-state index contributed by atoms with van der Waals surface area (Å²) in [5.74, 6) is 0.943. The summed E-state index contributed by atoms with van der Waals surface area (Å²) in [4.78, 5) is 7.32. The average Bonchev–Trinajstić information content (AvgIpc) is 3.17. The van der Waals surface area contributed by atoms with Crippen LogP contribution in [0.2, 0.25) is 0 Å². The summed E-state index contributed by atoms with van der Waals surface area (Å²) >= 11 is 1.74. The Morgan fingerprint density at radius 1 is 0.867 bits per heavy atom. The monoisotopic (exact) mass is 450 g/mol. The molecular formula is C24H35ClN2O2S. The predicted octanol–water partition coefficient (Wildman–Crippen LogP) is 6.23. The summed E-state index contributed by atoms with van der Waals surface area (Å²) in [6.45, 7) is 8.86. The number of aromatic nitrogens is 1. The lowest BCUT2D eigenvalue weighted by Crippen LogP contribution is -2.28. The van der Waals surface area contributed by atoms with E-state index in [0.717, 1.165) is 41.4 Å². The second kappa shape index (κ2) is 14.4. The third-order valence-corrected chi connectivity index (χ3v) is 6.02. The lowest BCUT2D eigenvalue weighted by molar-refractivity contribution is 0.229. The molecule has 0 bridgehead atoms. The molecule has 30 heavy (non-hydrogen) atoms. The maximum atomic E-state index is 5.97. The Balaban J connectivity index is 0.00000225. The standard InChI is InChI=1S/C24H32N2OS.ClH.H2O/c1-3-5-16-26(17-6-4-2)18-9-19-27-21-14-12-20(13-15-21)24-25-22-10-7-8-11-23(22)28-24;;/h7-8,10-15H,3-6,9,16-19H2,1-2H3;1H;1H2. The second-order valence-electron chi connectivity index (χ2n) is 7.26. The summed E-state index contributed by atoms with van der Waals surface area (Å²) < 4.78 is 7.20. The molecule has 0 radical (unpaired) electrons. The third kappa shape index (κ3) is 7.88. The van der Waals surface area contributed by atoms with Crippen molar-refractivity contribution in [3.05, 3.63) is 48.5 Å². The third-order valence-electron chi connectivity index (χ3n) is 4.94. The average molecular weight is 451 g/mol. The fourth-order valence-corrected chi connectivity index (χ4v) is 4.24. The Labute approximate surface area is 191 Å². The molecule has 0 aliphatic rings. The SMILES string of the molecule is CCCCN(CCCC)CCCOc1ccc(-c2nc3ccccc3s2)cc1.Cl.O. The highest BCUT2D eigenvalue weighted by Crippen LogP contribution is 2.30. The summed E-state index contributed by atoms with van der Waals surface area (Å²) in [5, 5.41) is 1.07. The molecule has 0 aliphatic carbocycles. The Kier molecular flexibility index (Phi) is 12.6. The molecule has 1 aromatic heterocycles. The molecule has 3 aromatic rings. The number of halogens is 1. The highest BCUT2D eigenvalue weighted by Gasteiger charge is 2.07. The first-order chi connectivity index (χ1) is 13.8. The Bertz CT molecular complexity index is 798. The van der Waals surface area contributed by atoms with Gasteiger partial charge in [-0.2, -0.15) is 0 Å². The maximum Gasteiger partial charge on any atom is 0.124 e. The van der Waals surface area contributed by atoms with Gasteiger partial charge in [0.05, 0.1) is 16.8 Å². The minimum atomic E-state index is 0. The highest BCUT2D eigenvalue weighted by molar-refractivity contribution is 7.21. The molecular weight excluding hydrogens is 416 g/mol. The van der Waals surface area contributed by atoms with E-state index < -0.39 is 0 Å². The number of hydrogen-bond donors (Lipinski definition) is 0. The van der Waals surface area contributed by atoms with E-state index in [9.17, 15) is 0 Å². The Hall–Kier alpha value is -1.66. The second-order valence-corrected chi connectivity index (χ2v) is 8.29. The molecule has 0 amide bonds. The number of unbranched alkanes of at least 4 members (excludes halogenated alkanes) is 2. The van der Waals surface area contributed by atoms with Gasteiger partial charge in [0.25, 0.3) is 0 Å². The number of rotatable bonds is 12. The molecule has 2 aromatic carbocycles. The van der Waals surface area contributed by atoms with Crippen LogP contribution in [0, 0.1) is 0 Å². The molecule has 0 fully saturated rings. The molecule has 0 unspecified atom stereocenters. The zero-order valence-corrected chi connectivity index (χ0v) is 19.7. The van der Waals surface area contributed by atoms with E-state index in [1.165, 1.54) is 43.5 Å². The van der Waals surface area contributed by atoms with Crippen LogP contribution in [-0.4, -0.2) is 41.6 Å². The van der Waals surface area contributed by atoms with E-state index in [2.05, 4.69) is 61.2 Å². The molecule has 166 valence electrons. The van der Waals surface area contributed by atoms with Crippen molar-refractivity contribution >= 4 is 34.0 Å². The predicted molar refractivity (Wildman–Crippen MR) is 132 cm³/mol. The van der Waals surface area contributed by atoms with Crippen LogP contribution in [0.5, 0.6) is 5.75 Å². The lowest BCUT2D eigenvalue weighted by atomic mass is 10.2. The van der Waals surface area contributed by atoms with Gasteiger partial charge in [-0.3, -0.25) is 0 Å². The van der Waals surface area contributed by atoms with Gasteiger partial charge in [0.2, 0.25) is 0 Å². The minimum absolute atomic E-state index is 0. The first-order valence-electron chi connectivity index (χ1n) is 10.6. The quantitative estimate of drug-likeness (QED) is 0.307. The summed E-state index contributed by atoms with van der Waals surface area (Å²) in [7, 11) is 0. The van der Waals surface area contributed by atoms with Gasteiger partial charge in [0.15, 0.2) is 0 Å². The van der Waals surface area contributed by atoms with E-state index in [0.29, 0.717) is 0 Å². The fraction of sp³-hybridized carbons (Fsp3) is 0.458. The molecule has 1 heterocycles. The van der Waals surface area contributed by atoms with Crippen molar-refractivity contribution in [3.8, 4) is 16.3 Å². The molecule has 0 spiro atoms. The van der Waals surface area contributed by atoms with Crippen molar-refractivity contribution in [2.45, 2.75) is 46.0 Å². The molecule has 0 aliphatic heterocycles. The lowest BCUT2D eigenvalue weighted by Gasteiger charge is -2.21. The van der Waals surface area contributed by atoms with Crippen molar-refractivity contribution in [3.63, 3.8) is 0 Å². The van der Waals surface area contributed by atoms with Crippen molar-refractivity contribution < 1.29 is 10.2 Å². The largest absolute Gasteiger partial charge is 0.494 e. The van der Waals surface area contributed by atoms with Crippen LogP contribution in [0.4, 0.5) is 0 Å². The number of nitrogens with zero attached hydrogens (tertiary/aromatic N) is 2. The molecule has 2 N–H and O–H groups in total. The van der Waals surface area contributed by atoms with E-state index in [1.807, 2.05) is 6.07 Å². The highest BCUT2D eigenvalue weighted by atomic mass is 35.5. The Morgan fingerprint density at radius 3 is 2.13 bits per heavy atom. The summed E-state index contributed by atoms with van der Waals surface area (Å²) in [6, 6.07) is 16.6. The van der Waals surface area contributed by atoms with Crippen LogP contribution in [0.25, 0.3) is 20.8 Å². The van der Waals surface area contributed by atoms with Crippen molar-refractivity contribution in [1.29, 1.82) is 0 Å². The van der Waals surface area contributed by atoms with Crippen LogP contribution in [-0.2, 0) is 0 Å². The number of benzene rings is 2. The van der Waals surface area contributed by atoms with Gasteiger partial charge in [-0.15, -0.1) is 23.7 Å². The number of ether oxygens (including phenoxy) is 1. The van der Waals surface area contributed by atoms with E-state index in [1.54, 1.807) is 11.3 Å². The number of thiazole rings is 1. The summed E-state index contributed by atoms with van der Waals surface area (Å²) in [5.41, 5.74) is 2.22. The van der Waals surface area contributed by atoms with Crippen LogP contribution in [0.15, 0.2) is 48.5 Å². The first-order valence-corrected chi connectivity index (χ1v) is 11.4. The van der Waals surface area contributed by atoms with Gasteiger partial charge in [-0.1, -0.05) is 38.8 Å². The molecule has 4 nitrogen and oxygen atoms in total. The van der Waals surface area contributed by atoms with Crippen LogP contribution < -0.4 is 4.74 Å². The van der Waals surface area contributed by atoms with E-state index >= 15 is 0 Å². The first kappa shape index (κ1) is 26.4. The normalized spacial score (nSPS) is 10.6. The number of fused-ring (bicyclic) bond motifs is 1. The zero-order valence-electron chi connectivity index (χ0n) is 18.1. The fourth-order valence-electron chi connectivity index (χ4n) is 3.27. The van der Waals surface area contributed by atoms with E-state index in [4.69, 9.17) is 9.72 Å². The van der Waals surface area contributed by atoms with Crippen molar-refractivity contribution in [2.75, 3.05) is 26.2 Å². The van der Waals surface area contributed by atoms with Gasteiger partial charge >= 0.3 is 0 Å². The van der Waals surface area contributed by atoms with Crippen molar-refractivity contribution in [1.82, 2.24) is 9.88 Å². The minimum Gasteiger partial charge on any atom is -0.494 e. The molecule has 0 saturated carbocycles.